The minimum absolute atomic E-state index is 0.141. The third-order valence-electron chi connectivity index (χ3n) is 2.22. The molecule has 0 fully saturated rings. The number of rotatable bonds is 6. The molecule has 0 saturated carbocycles. The van der Waals surface area contributed by atoms with Crippen LogP contribution in [-0.4, -0.2) is 3.79 Å². The Morgan fingerprint density at radius 3 is 2.73 bits per heavy atom. The molecule has 0 aliphatic rings. The first-order valence-electron chi connectivity index (χ1n) is 4.77. The summed E-state index contributed by atoms with van der Waals surface area (Å²) in [5.74, 6) is 0.141. The number of carbonyl (C=O) groups excluding carboxylic acids is 1. The summed E-state index contributed by atoms with van der Waals surface area (Å²) in [5, 5.41) is 0. The van der Waals surface area contributed by atoms with Crippen molar-refractivity contribution in [2.45, 2.75) is 19.8 Å². The standard InChI is InChI=1S/C11H14I2O2/c1-9(11(14)13-15-12)7-8-10-5-3-2-4-6-10/h2-6,9,13H,7-8H2,1H3/t9-/m1/s1. The van der Waals surface area contributed by atoms with Crippen molar-refractivity contribution >= 4 is 48.4 Å². The fraction of sp³-hybridized carbons (Fsp3) is 0.364. The molecule has 4 heteroatoms. The van der Waals surface area contributed by atoms with Crippen LogP contribution in [0.1, 0.15) is 18.9 Å². The van der Waals surface area contributed by atoms with Gasteiger partial charge in [-0.05, 0) is 0 Å². The van der Waals surface area contributed by atoms with E-state index < -0.39 is 21.6 Å². The molecule has 0 radical (unpaired) electrons. The van der Waals surface area contributed by atoms with Crippen LogP contribution in [0, 0.1) is 5.92 Å². The molecule has 0 N–H and O–H groups in total. The summed E-state index contributed by atoms with van der Waals surface area (Å²) in [7, 11) is 0. The number of hydrogen-bond donors (Lipinski definition) is 0. The van der Waals surface area contributed by atoms with E-state index in [4.69, 9.17) is 1.40 Å². The zero-order valence-corrected chi connectivity index (χ0v) is 13.0. The van der Waals surface area contributed by atoms with Gasteiger partial charge in [-0.2, -0.15) is 0 Å². The van der Waals surface area contributed by atoms with Crippen LogP contribution in [0.4, 0.5) is 0 Å². The second kappa shape index (κ2) is 7.56. The third-order valence-corrected chi connectivity index (χ3v) is 5.23. The van der Waals surface area contributed by atoms with Crippen molar-refractivity contribution in [1.82, 2.24) is 0 Å². The van der Waals surface area contributed by atoms with Gasteiger partial charge in [0.2, 0.25) is 0 Å². The molecular weight excluding hydrogens is 418 g/mol. The summed E-state index contributed by atoms with van der Waals surface area (Å²) >= 11 is 0.934. The monoisotopic (exact) mass is 432 g/mol. The zero-order valence-electron chi connectivity index (χ0n) is 8.48. The predicted octanol–water partition coefficient (Wildman–Crippen LogP) is 3.77. The van der Waals surface area contributed by atoms with E-state index in [0.717, 1.165) is 12.8 Å². The van der Waals surface area contributed by atoms with Crippen molar-refractivity contribution < 1.29 is 6.19 Å². The van der Waals surface area contributed by atoms with E-state index in [0.29, 0.717) is 3.79 Å². The van der Waals surface area contributed by atoms with Gasteiger partial charge in [0.05, 0.1) is 0 Å². The average Bonchev–Trinajstić information content (AvgIpc) is 2.27. The Balaban J connectivity index is 2.34. The van der Waals surface area contributed by atoms with Crippen molar-refractivity contribution in [2.24, 2.45) is 5.92 Å². The van der Waals surface area contributed by atoms with Crippen LogP contribution < -0.4 is 0 Å². The fourth-order valence-corrected chi connectivity index (χ4v) is 3.43. The second-order valence-electron chi connectivity index (χ2n) is 3.39. The fourth-order valence-electron chi connectivity index (χ4n) is 1.26. The Hall–Kier alpha value is 0.310. The quantitative estimate of drug-likeness (QED) is 0.506. The molecule has 1 aromatic rings. The summed E-state index contributed by atoms with van der Waals surface area (Å²) in [6.07, 6.45) is 1.90. The molecule has 0 aliphatic carbocycles. The molecule has 0 amide bonds. The summed E-state index contributed by atoms with van der Waals surface area (Å²) < 4.78 is 5.24. The first-order valence-corrected chi connectivity index (χ1v) is 7.77. The predicted molar refractivity (Wildman–Crippen MR) is 79.5 cm³/mol. The average molecular weight is 432 g/mol. The van der Waals surface area contributed by atoms with Gasteiger partial charge in [0.25, 0.3) is 0 Å². The molecule has 0 aliphatic heterocycles. The molecule has 0 unspecified atom stereocenters. The molecule has 84 valence electrons. The van der Waals surface area contributed by atoms with Crippen LogP contribution in [0.25, 0.3) is 0 Å². The summed E-state index contributed by atoms with van der Waals surface area (Å²) in [5.41, 5.74) is 1.30. The Bertz CT molecular complexity index is 301. The molecule has 15 heavy (non-hydrogen) atoms. The first-order chi connectivity index (χ1) is 7.24. The van der Waals surface area contributed by atoms with Crippen molar-refractivity contribution in [3.63, 3.8) is 0 Å². The van der Waals surface area contributed by atoms with Gasteiger partial charge >= 0.3 is 116 Å². The van der Waals surface area contributed by atoms with Crippen LogP contribution in [0.3, 0.4) is 0 Å². The maximum absolute atomic E-state index is 11.5. The van der Waals surface area contributed by atoms with E-state index in [1.807, 2.05) is 48.1 Å². The van der Waals surface area contributed by atoms with E-state index in [1.54, 1.807) is 0 Å². The second-order valence-corrected chi connectivity index (χ2v) is 7.79. The molecule has 0 aromatic heterocycles. The van der Waals surface area contributed by atoms with Crippen molar-refractivity contribution in [1.29, 1.82) is 0 Å². The van der Waals surface area contributed by atoms with Gasteiger partial charge in [-0.1, -0.05) is 0 Å². The third kappa shape index (κ3) is 5.26. The topological polar surface area (TPSA) is 26.3 Å². The van der Waals surface area contributed by atoms with Gasteiger partial charge in [-0.15, -0.1) is 0 Å². The minimum atomic E-state index is -0.879. The zero-order chi connectivity index (χ0) is 11.1. The van der Waals surface area contributed by atoms with E-state index in [1.165, 1.54) is 5.56 Å². The molecule has 1 atom stereocenters. The van der Waals surface area contributed by atoms with Gasteiger partial charge in [-0.25, -0.2) is 0 Å². The van der Waals surface area contributed by atoms with Crippen molar-refractivity contribution in [3.8, 4) is 0 Å². The van der Waals surface area contributed by atoms with Gasteiger partial charge in [-0.3, -0.25) is 0 Å². The van der Waals surface area contributed by atoms with E-state index in [-0.39, 0.29) is 5.92 Å². The van der Waals surface area contributed by atoms with E-state index in [9.17, 15) is 4.79 Å². The maximum atomic E-state index is 11.5. The number of carbonyl (C=O) groups is 1. The Morgan fingerprint density at radius 2 is 2.13 bits per heavy atom. The number of hydrogen-bond acceptors (Lipinski definition) is 2. The van der Waals surface area contributed by atoms with Crippen molar-refractivity contribution in [3.05, 3.63) is 35.9 Å². The molecule has 0 heterocycles. The summed E-state index contributed by atoms with van der Waals surface area (Å²) in [6.45, 7) is 1.99. The Labute approximate surface area is 115 Å². The van der Waals surface area contributed by atoms with E-state index in [2.05, 4.69) is 12.1 Å². The van der Waals surface area contributed by atoms with Crippen molar-refractivity contribution in [2.75, 3.05) is 0 Å². The molecule has 2 nitrogen and oxygen atoms in total. The molecule has 1 rings (SSSR count). The van der Waals surface area contributed by atoms with Crippen LogP contribution in [0.15, 0.2) is 30.3 Å². The van der Waals surface area contributed by atoms with Crippen LogP contribution in [0.2, 0.25) is 0 Å². The van der Waals surface area contributed by atoms with Gasteiger partial charge in [0.1, 0.15) is 0 Å². The summed E-state index contributed by atoms with van der Waals surface area (Å²) in [6, 6.07) is 10.3. The Morgan fingerprint density at radius 1 is 1.47 bits per heavy atom. The molecule has 0 spiro atoms. The Kier molecular flexibility index (Phi) is 6.74. The van der Waals surface area contributed by atoms with Crippen LogP contribution in [-0.2, 0) is 12.6 Å². The SMILES string of the molecule is C[C@H](CCc1ccccc1)C(=O)[IH]OI. The molecule has 1 aromatic carbocycles. The van der Waals surface area contributed by atoms with Gasteiger partial charge in [0, 0.05) is 0 Å². The number of aryl methyl sites for hydroxylation is 1. The van der Waals surface area contributed by atoms with Gasteiger partial charge < -0.3 is 0 Å². The van der Waals surface area contributed by atoms with Gasteiger partial charge in [0.15, 0.2) is 0 Å². The first kappa shape index (κ1) is 13.4. The number of benzene rings is 1. The number of halogens is 2. The van der Waals surface area contributed by atoms with Crippen LogP contribution in [0.5, 0.6) is 0 Å². The van der Waals surface area contributed by atoms with Crippen LogP contribution >= 0.6 is 44.6 Å². The summed E-state index contributed by atoms with van der Waals surface area (Å²) in [4.78, 5) is 11.5. The van der Waals surface area contributed by atoms with E-state index >= 15 is 0 Å². The molecular formula is C11H14I2O2. The molecule has 0 bridgehead atoms. The normalized spacial score (nSPS) is 12.7. The molecule has 0 saturated heterocycles.